The predicted octanol–water partition coefficient (Wildman–Crippen LogP) is 6.11. The predicted molar refractivity (Wildman–Crippen MR) is 166 cm³/mol. The van der Waals surface area contributed by atoms with E-state index in [2.05, 4.69) is 9.97 Å². The molecule has 45 heavy (non-hydrogen) atoms. The van der Waals surface area contributed by atoms with Crippen LogP contribution >= 0.6 is 0 Å². The Morgan fingerprint density at radius 1 is 0.467 bits per heavy atom. The van der Waals surface area contributed by atoms with Crippen LogP contribution < -0.4 is 0 Å². The van der Waals surface area contributed by atoms with Gasteiger partial charge in [-0.3, -0.25) is 4.55 Å². The number of nitrogens with zero attached hydrogens (tertiary/aromatic N) is 6. The fraction of sp³-hybridized carbons (Fsp3) is 0. The second-order valence-corrected chi connectivity index (χ2v) is 11.8. The quantitative estimate of drug-likeness (QED) is 0.167. The summed E-state index contributed by atoms with van der Waals surface area (Å²) in [5, 5.41) is 2.36. The van der Waals surface area contributed by atoms with Crippen molar-refractivity contribution in [3.8, 4) is 45.6 Å². The molecule has 0 saturated heterocycles. The van der Waals surface area contributed by atoms with E-state index in [9.17, 15) is 13.0 Å². The molecule has 7 aromatic rings. The smallest absolute Gasteiger partial charge is 0.295 e. The van der Waals surface area contributed by atoms with Crippen LogP contribution in [0.15, 0.2) is 95.9 Å². The van der Waals surface area contributed by atoms with Gasteiger partial charge in [-0.1, -0.05) is 84.9 Å². The number of hydrogen-bond donors (Lipinski definition) is 3. The van der Waals surface area contributed by atoms with Gasteiger partial charge in [0.15, 0.2) is 23.3 Å². The van der Waals surface area contributed by atoms with Crippen LogP contribution in [-0.2, 0) is 30.2 Å². The van der Waals surface area contributed by atoms with Gasteiger partial charge in [0.25, 0.3) is 10.1 Å². The zero-order valence-corrected chi connectivity index (χ0v) is 26.1. The van der Waals surface area contributed by atoms with E-state index in [-0.39, 0.29) is 36.0 Å². The minimum absolute atomic E-state index is 0. The molecular weight excluding hydrogens is 769 g/mol. The average Bonchev–Trinajstić information content (AvgIpc) is 3.76. The second-order valence-electron chi connectivity index (χ2n) is 10.4. The van der Waals surface area contributed by atoms with E-state index >= 15 is 0 Å². The number of aromatic nitrogens is 8. The molecule has 0 unspecified atom stereocenters. The first-order chi connectivity index (χ1) is 21.4. The van der Waals surface area contributed by atoms with Gasteiger partial charge in [-0.15, -0.1) is 0 Å². The van der Waals surface area contributed by atoms with E-state index in [1.807, 2.05) is 72.8 Å². The van der Waals surface area contributed by atoms with E-state index in [1.165, 1.54) is 6.07 Å². The maximum absolute atomic E-state index is 12.5. The Bertz CT molecular complexity index is 2660. The summed E-state index contributed by atoms with van der Waals surface area (Å²) < 4.78 is 35.2. The second kappa shape index (κ2) is 9.91. The zero-order valence-electron chi connectivity index (χ0n) is 22.8. The Morgan fingerprint density at radius 3 is 1.31 bits per heavy atom. The van der Waals surface area contributed by atoms with Crippen LogP contribution in [0.3, 0.4) is 0 Å². The monoisotopic (exact) mass is 787 g/mol. The SMILES string of the molecule is O=S(=O)(O)c1cccc2c3nc4nc(nc5[nH]c(nc6nc(nc([nH]3)c12)-c1ccccc1-6)c1ccccc51)-c1ccccc1-4.[Ir]. The topological polar surface area (TPSA) is 163 Å². The molecule has 2 aliphatic rings. The molecule has 13 heteroatoms. The van der Waals surface area contributed by atoms with Crippen molar-refractivity contribution in [2.75, 3.05) is 0 Å². The summed E-state index contributed by atoms with van der Waals surface area (Å²) in [6.45, 7) is 0. The van der Waals surface area contributed by atoms with Crippen LogP contribution in [-0.4, -0.2) is 52.8 Å². The van der Waals surface area contributed by atoms with Gasteiger partial charge in [-0.25, -0.2) is 29.9 Å². The Morgan fingerprint density at radius 2 is 0.844 bits per heavy atom. The Labute approximate surface area is 267 Å². The molecule has 8 bridgehead atoms. The van der Waals surface area contributed by atoms with Crippen LogP contribution in [0.4, 0.5) is 0 Å². The first-order valence-electron chi connectivity index (χ1n) is 13.6. The molecule has 2 aliphatic heterocycles. The summed E-state index contributed by atoms with van der Waals surface area (Å²) in [7, 11) is -4.62. The largest absolute Gasteiger partial charge is 0.324 e. The minimum Gasteiger partial charge on any atom is -0.324 e. The molecule has 0 amide bonds. The van der Waals surface area contributed by atoms with Crippen LogP contribution in [0.25, 0.3) is 89.7 Å². The van der Waals surface area contributed by atoms with Crippen molar-refractivity contribution >= 4 is 54.3 Å². The van der Waals surface area contributed by atoms with Gasteiger partial charge in [-0.05, 0) is 6.07 Å². The molecule has 219 valence electrons. The number of benzene rings is 4. The fourth-order valence-electron chi connectivity index (χ4n) is 5.87. The van der Waals surface area contributed by atoms with Crippen LogP contribution in [0, 0.1) is 0 Å². The van der Waals surface area contributed by atoms with E-state index in [1.54, 1.807) is 12.1 Å². The number of nitrogens with one attached hydrogen (secondary N) is 2. The molecule has 3 aromatic heterocycles. The van der Waals surface area contributed by atoms with Gasteiger partial charge in [0.1, 0.15) is 27.5 Å². The van der Waals surface area contributed by atoms with Gasteiger partial charge >= 0.3 is 0 Å². The van der Waals surface area contributed by atoms with Crippen LogP contribution in [0.5, 0.6) is 0 Å². The van der Waals surface area contributed by atoms with Crippen molar-refractivity contribution in [2.24, 2.45) is 0 Å². The normalized spacial score (nSPS) is 12.1. The number of hydrogen-bond acceptors (Lipinski definition) is 8. The molecule has 1 radical (unpaired) electrons. The van der Waals surface area contributed by atoms with Gasteiger partial charge in [-0.2, -0.15) is 8.42 Å². The molecule has 0 atom stereocenters. The van der Waals surface area contributed by atoms with Crippen molar-refractivity contribution in [1.29, 1.82) is 0 Å². The molecule has 0 saturated carbocycles. The molecule has 3 N–H and O–H groups in total. The van der Waals surface area contributed by atoms with Crippen LogP contribution in [0.2, 0.25) is 0 Å². The Hall–Kier alpha value is -5.20. The summed E-state index contributed by atoms with van der Waals surface area (Å²) in [5.41, 5.74) is 4.68. The number of rotatable bonds is 1. The third-order valence-corrected chi connectivity index (χ3v) is 8.72. The molecule has 0 fully saturated rings. The first kappa shape index (κ1) is 27.4. The minimum atomic E-state index is -4.62. The summed E-state index contributed by atoms with van der Waals surface area (Å²) >= 11 is 0. The molecule has 0 aliphatic carbocycles. The summed E-state index contributed by atoms with van der Waals surface area (Å²) in [4.78, 5) is 35.4. The van der Waals surface area contributed by atoms with Crippen molar-refractivity contribution in [3.05, 3.63) is 91.0 Å². The zero-order chi connectivity index (χ0) is 29.6. The third-order valence-electron chi connectivity index (χ3n) is 7.82. The molecule has 4 aromatic carbocycles. The fourth-order valence-corrected chi connectivity index (χ4v) is 6.59. The van der Waals surface area contributed by atoms with Crippen molar-refractivity contribution in [1.82, 2.24) is 39.9 Å². The summed E-state index contributed by atoms with van der Waals surface area (Å²) in [6, 6.07) is 27.6. The number of H-pyrrole nitrogens is 2. The van der Waals surface area contributed by atoms with Crippen molar-refractivity contribution < 1.29 is 33.1 Å². The molecule has 0 spiro atoms. The van der Waals surface area contributed by atoms with E-state index in [4.69, 9.17) is 29.9 Å². The van der Waals surface area contributed by atoms with E-state index < -0.39 is 10.1 Å². The molecular formula is C32H18IrN8O3S. The maximum Gasteiger partial charge on any atom is 0.295 e. The van der Waals surface area contributed by atoms with Crippen molar-refractivity contribution in [3.63, 3.8) is 0 Å². The Kier molecular flexibility index (Phi) is 6.02. The molecule has 9 rings (SSSR count). The summed E-state index contributed by atoms with van der Waals surface area (Å²) in [6.07, 6.45) is 0. The van der Waals surface area contributed by atoms with Crippen molar-refractivity contribution in [2.45, 2.75) is 4.90 Å². The standard InChI is InChI=1S/C32H18N8O3S.Ir/c41-44(42,43)23-15-7-14-22-24(23)32-39-30-21-13-6-5-12-20(21)28(37-30)35-26-17-9-2-1-8-16(17)25(33-26)34-27-18-10-3-4-11-19(18)29(36-27)38-31(22)40-32;/h1-15H,(H,41,42,43)(H2,33,34,35,36,37,38,39,40);. The van der Waals surface area contributed by atoms with Gasteiger partial charge in [0.2, 0.25) is 0 Å². The van der Waals surface area contributed by atoms with E-state index in [0.29, 0.717) is 45.6 Å². The van der Waals surface area contributed by atoms with E-state index in [0.717, 1.165) is 33.0 Å². The van der Waals surface area contributed by atoms with Gasteiger partial charge in [0.05, 0.1) is 0 Å². The first-order valence-corrected chi connectivity index (χ1v) is 15.1. The summed E-state index contributed by atoms with van der Waals surface area (Å²) in [5.74, 6) is 1.60. The Balaban J connectivity index is 0.00000300. The molecule has 11 nitrogen and oxygen atoms in total. The number of fused-ring (bicyclic) bond motifs is 20. The van der Waals surface area contributed by atoms with Gasteiger partial charge in [0, 0.05) is 63.9 Å². The van der Waals surface area contributed by atoms with Gasteiger partial charge < -0.3 is 9.97 Å². The van der Waals surface area contributed by atoms with Crippen LogP contribution in [0.1, 0.15) is 0 Å². The maximum atomic E-state index is 12.5. The average molecular weight is 787 g/mol. The third kappa shape index (κ3) is 4.20. The number of aromatic amines is 2. The molecule has 5 heterocycles.